The molecule has 10 heteroatoms. The van der Waals surface area contributed by atoms with Crippen molar-refractivity contribution >= 4 is 33.5 Å². The second-order valence-electron chi connectivity index (χ2n) is 8.02. The van der Waals surface area contributed by atoms with Crippen LogP contribution in [0.15, 0.2) is 53.4 Å². The highest BCUT2D eigenvalue weighted by molar-refractivity contribution is 7.89. The molecule has 2 aromatic rings. The number of esters is 1. The number of hydrogen-bond donors (Lipinski definition) is 2. The Morgan fingerprint density at radius 1 is 1.06 bits per heavy atom. The Morgan fingerprint density at radius 3 is 2.24 bits per heavy atom. The second-order valence-corrected chi connectivity index (χ2v) is 9.58. The number of benzene rings is 2. The van der Waals surface area contributed by atoms with E-state index in [-0.39, 0.29) is 10.8 Å². The molecule has 0 radical (unpaired) electrons. The molecule has 1 aliphatic rings. The summed E-state index contributed by atoms with van der Waals surface area (Å²) in [7, 11) is -3.83. The van der Waals surface area contributed by atoms with Crippen molar-refractivity contribution in [2.45, 2.75) is 37.7 Å². The zero-order valence-corrected chi connectivity index (χ0v) is 19.3. The van der Waals surface area contributed by atoms with Gasteiger partial charge in [0.15, 0.2) is 6.10 Å². The number of hydrogen-bond acceptors (Lipinski definition) is 6. The Kier molecular flexibility index (Phi) is 7.50. The smallest absolute Gasteiger partial charge is 0.309 e. The third-order valence-electron chi connectivity index (χ3n) is 5.60. The first kappa shape index (κ1) is 24.4. The van der Waals surface area contributed by atoms with Crippen LogP contribution in [-0.2, 0) is 24.3 Å². The minimum Gasteiger partial charge on any atom is -0.452 e. The summed E-state index contributed by atoms with van der Waals surface area (Å²) in [4.78, 5) is 39.3. The highest BCUT2D eigenvalue weighted by atomic mass is 32.2. The van der Waals surface area contributed by atoms with Gasteiger partial charge in [0, 0.05) is 24.3 Å². The minimum atomic E-state index is -3.83. The Bertz CT molecular complexity index is 1140. The van der Waals surface area contributed by atoms with Gasteiger partial charge in [0.25, 0.3) is 11.8 Å². The maximum absolute atomic E-state index is 12.7. The molecular weight excluding hydrogens is 446 g/mol. The van der Waals surface area contributed by atoms with Crippen LogP contribution in [0.2, 0.25) is 0 Å². The lowest BCUT2D eigenvalue weighted by molar-refractivity contribution is -0.158. The lowest BCUT2D eigenvalue weighted by Crippen LogP contribution is -2.42. The molecule has 2 aromatic carbocycles. The van der Waals surface area contributed by atoms with Gasteiger partial charge < -0.3 is 15.0 Å². The fourth-order valence-electron chi connectivity index (χ4n) is 3.60. The van der Waals surface area contributed by atoms with Gasteiger partial charge in [0.05, 0.1) is 10.8 Å². The first-order valence-corrected chi connectivity index (χ1v) is 12.1. The molecule has 1 fully saturated rings. The van der Waals surface area contributed by atoms with E-state index in [4.69, 9.17) is 9.88 Å². The van der Waals surface area contributed by atoms with Crippen LogP contribution in [-0.4, -0.2) is 50.3 Å². The number of nitrogens with zero attached hydrogens (tertiary/aromatic N) is 1. The average molecular weight is 474 g/mol. The van der Waals surface area contributed by atoms with Crippen molar-refractivity contribution in [2.24, 2.45) is 11.1 Å². The second kappa shape index (κ2) is 10.1. The van der Waals surface area contributed by atoms with E-state index in [0.717, 1.165) is 5.56 Å². The predicted octanol–water partition coefficient (Wildman–Crippen LogP) is 2.07. The standard InChI is InChI=1S/C23H27N3O6S/c1-15-5-3-4-6-20(15)22(28)26-13-11-17(12-14-26)23(29)32-16(2)21(27)25-18-7-9-19(10-8-18)33(24,30)31/h3-10,16-17H,11-14H2,1-2H3,(H,25,27)(H2,24,30,31)/t16-/m0/s1. The van der Waals surface area contributed by atoms with Crippen molar-refractivity contribution in [3.63, 3.8) is 0 Å². The molecule has 3 N–H and O–H groups in total. The first-order valence-electron chi connectivity index (χ1n) is 10.6. The SMILES string of the molecule is Cc1ccccc1C(=O)N1CCC(C(=O)O[C@@H](C)C(=O)Nc2ccc(S(N)(=O)=O)cc2)CC1. The molecule has 1 aliphatic heterocycles. The molecule has 0 unspecified atom stereocenters. The summed E-state index contributed by atoms with van der Waals surface area (Å²) in [6.07, 6.45) is -0.123. The molecule has 0 saturated carbocycles. The molecule has 1 saturated heterocycles. The summed E-state index contributed by atoms with van der Waals surface area (Å²) in [5.41, 5.74) is 1.91. The van der Waals surface area contributed by atoms with Crippen molar-refractivity contribution in [3.05, 3.63) is 59.7 Å². The first-order chi connectivity index (χ1) is 15.6. The van der Waals surface area contributed by atoms with Gasteiger partial charge in [0.2, 0.25) is 10.0 Å². The van der Waals surface area contributed by atoms with E-state index >= 15 is 0 Å². The number of likely N-dealkylation sites (tertiary alicyclic amines) is 1. The molecule has 9 nitrogen and oxygen atoms in total. The predicted molar refractivity (Wildman–Crippen MR) is 122 cm³/mol. The number of carbonyl (C=O) groups excluding carboxylic acids is 3. The van der Waals surface area contributed by atoms with Crippen LogP contribution in [0.5, 0.6) is 0 Å². The summed E-state index contributed by atoms with van der Waals surface area (Å²) >= 11 is 0. The molecule has 0 spiro atoms. The van der Waals surface area contributed by atoms with Gasteiger partial charge in [-0.3, -0.25) is 14.4 Å². The number of piperidine rings is 1. The third-order valence-corrected chi connectivity index (χ3v) is 6.53. The lowest BCUT2D eigenvalue weighted by atomic mass is 9.96. The van der Waals surface area contributed by atoms with Crippen LogP contribution < -0.4 is 10.5 Å². The van der Waals surface area contributed by atoms with E-state index in [1.807, 2.05) is 25.1 Å². The molecule has 0 aliphatic carbocycles. The van der Waals surface area contributed by atoms with Crippen LogP contribution in [0, 0.1) is 12.8 Å². The normalized spacial score (nSPS) is 15.5. The number of amides is 2. The average Bonchev–Trinajstić information content (AvgIpc) is 2.78. The molecule has 176 valence electrons. The number of anilines is 1. The number of aryl methyl sites for hydroxylation is 1. The molecule has 1 atom stereocenters. The summed E-state index contributed by atoms with van der Waals surface area (Å²) < 4.78 is 27.9. The van der Waals surface area contributed by atoms with Crippen LogP contribution in [0.3, 0.4) is 0 Å². The summed E-state index contributed by atoms with van der Waals surface area (Å²) in [6, 6.07) is 12.7. The van der Waals surface area contributed by atoms with Crippen molar-refractivity contribution in [2.75, 3.05) is 18.4 Å². The molecule has 3 rings (SSSR count). The molecular formula is C23H27N3O6S. The summed E-state index contributed by atoms with van der Waals surface area (Å²) in [5.74, 6) is -1.47. The van der Waals surface area contributed by atoms with Crippen molar-refractivity contribution < 1.29 is 27.5 Å². The van der Waals surface area contributed by atoms with Crippen LogP contribution >= 0.6 is 0 Å². The van der Waals surface area contributed by atoms with E-state index in [2.05, 4.69) is 5.32 Å². The Balaban J connectivity index is 1.49. The Morgan fingerprint density at radius 2 is 1.67 bits per heavy atom. The third kappa shape index (κ3) is 6.17. The van der Waals surface area contributed by atoms with Crippen LogP contribution in [0.4, 0.5) is 5.69 Å². The molecule has 1 heterocycles. The molecule has 0 bridgehead atoms. The van der Waals surface area contributed by atoms with Gasteiger partial charge in [-0.2, -0.15) is 0 Å². The van der Waals surface area contributed by atoms with Gasteiger partial charge in [-0.1, -0.05) is 18.2 Å². The topological polar surface area (TPSA) is 136 Å². The van der Waals surface area contributed by atoms with Gasteiger partial charge >= 0.3 is 5.97 Å². The lowest BCUT2D eigenvalue weighted by Gasteiger charge is -2.31. The maximum atomic E-state index is 12.7. The minimum absolute atomic E-state index is 0.0545. The number of nitrogens with one attached hydrogen (secondary N) is 1. The zero-order valence-electron chi connectivity index (χ0n) is 18.5. The van der Waals surface area contributed by atoms with Crippen LogP contribution in [0.25, 0.3) is 0 Å². The number of sulfonamides is 1. The van der Waals surface area contributed by atoms with E-state index in [9.17, 15) is 22.8 Å². The number of carbonyl (C=O) groups is 3. The Labute approximate surface area is 193 Å². The number of primary sulfonamides is 1. The molecule has 33 heavy (non-hydrogen) atoms. The van der Waals surface area contributed by atoms with Crippen molar-refractivity contribution in [1.82, 2.24) is 4.90 Å². The monoisotopic (exact) mass is 473 g/mol. The Hall–Kier alpha value is -3.24. The van der Waals surface area contributed by atoms with E-state index < -0.39 is 33.9 Å². The van der Waals surface area contributed by atoms with Gasteiger partial charge in [0.1, 0.15) is 0 Å². The highest BCUT2D eigenvalue weighted by Gasteiger charge is 2.31. The van der Waals surface area contributed by atoms with Crippen molar-refractivity contribution in [3.8, 4) is 0 Å². The van der Waals surface area contributed by atoms with Crippen LogP contribution in [0.1, 0.15) is 35.7 Å². The van der Waals surface area contributed by atoms with Gasteiger partial charge in [-0.15, -0.1) is 0 Å². The number of rotatable bonds is 6. The van der Waals surface area contributed by atoms with Crippen molar-refractivity contribution in [1.29, 1.82) is 0 Å². The number of ether oxygens (including phenoxy) is 1. The molecule has 0 aromatic heterocycles. The fraction of sp³-hybridized carbons (Fsp3) is 0.348. The van der Waals surface area contributed by atoms with E-state index in [1.165, 1.54) is 31.2 Å². The van der Waals surface area contributed by atoms with E-state index in [0.29, 0.717) is 37.2 Å². The van der Waals surface area contributed by atoms with Gasteiger partial charge in [-0.05, 0) is 62.6 Å². The zero-order chi connectivity index (χ0) is 24.2. The fourth-order valence-corrected chi connectivity index (χ4v) is 4.11. The highest BCUT2D eigenvalue weighted by Crippen LogP contribution is 2.22. The van der Waals surface area contributed by atoms with Gasteiger partial charge in [-0.25, -0.2) is 13.6 Å². The summed E-state index contributed by atoms with van der Waals surface area (Å²) in [6.45, 7) is 4.22. The maximum Gasteiger partial charge on any atom is 0.309 e. The number of nitrogens with two attached hydrogens (primary N) is 1. The quantitative estimate of drug-likeness (QED) is 0.617. The summed E-state index contributed by atoms with van der Waals surface area (Å²) in [5, 5.41) is 7.62. The largest absolute Gasteiger partial charge is 0.452 e. The molecule has 2 amide bonds. The van der Waals surface area contributed by atoms with E-state index in [1.54, 1.807) is 11.0 Å².